The zero-order chi connectivity index (χ0) is 17.1. The third kappa shape index (κ3) is 3.66. The first kappa shape index (κ1) is 16.7. The van der Waals surface area contributed by atoms with E-state index in [0.717, 1.165) is 16.7 Å². The van der Waals surface area contributed by atoms with Crippen LogP contribution < -0.4 is 10.1 Å². The molecule has 1 amide bonds. The number of fused-ring (bicyclic) bond motifs is 1. The lowest BCUT2D eigenvalue weighted by Gasteiger charge is -2.09. The Labute approximate surface area is 149 Å². The summed E-state index contributed by atoms with van der Waals surface area (Å²) in [4.78, 5) is 12.3. The summed E-state index contributed by atoms with van der Waals surface area (Å²) in [6.07, 6.45) is 1.88. The minimum absolute atomic E-state index is 0.161. The summed E-state index contributed by atoms with van der Waals surface area (Å²) in [7, 11) is 0. The molecule has 2 aromatic carbocycles. The van der Waals surface area contributed by atoms with Crippen LogP contribution in [-0.2, 0) is 11.3 Å². The molecular formula is C18H16Cl2N2O2. The fourth-order valence-corrected chi connectivity index (χ4v) is 2.96. The molecule has 1 N–H and O–H groups in total. The number of amides is 1. The van der Waals surface area contributed by atoms with Gasteiger partial charge in [0.15, 0.2) is 0 Å². The molecule has 1 aromatic heterocycles. The van der Waals surface area contributed by atoms with Gasteiger partial charge in [0.05, 0.1) is 17.3 Å². The number of ether oxygens (including phenoxy) is 1. The van der Waals surface area contributed by atoms with Crippen molar-refractivity contribution in [3.05, 3.63) is 58.7 Å². The molecule has 0 aliphatic carbocycles. The minimum Gasteiger partial charge on any atom is -0.494 e. The molecule has 124 valence electrons. The molecule has 0 fully saturated rings. The molecule has 4 nitrogen and oxygen atoms in total. The summed E-state index contributed by atoms with van der Waals surface area (Å²) in [5.74, 6) is 0.658. The van der Waals surface area contributed by atoms with Gasteiger partial charge in [0, 0.05) is 22.1 Å². The van der Waals surface area contributed by atoms with Crippen molar-refractivity contribution in [3.63, 3.8) is 0 Å². The highest BCUT2D eigenvalue weighted by Crippen LogP contribution is 2.26. The first-order chi connectivity index (χ1) is 11.6. The van der Waals surface area contributed by atoms with Gasteiger partial charge in [-0.2, -0.15) is 0 Å². The van der Waals surface area contributed by atoms with Gasteiger partial charge in [-0.3, -0.25) is 4.79 Å². The Balaban J connectivity index is 1.75. The van der Waals surface area contributed by atoms with Crippen molar-refractivity contribution in [1.29, 1.82) is 0 Å². The highest BCUT2D eigenvalue weighted by atomic mass is 35.5. The van der Waals surface area contributed by atoms with Crippen molar-refractivity contribution >= 4 is 45.7 Å². The number of hydrogen-bond acceptors (Lipinski definition) is 2. The average molecular weight is 363 g/mol. The van der Waals surface area contributed by atoms with E-state index in [1.807, 2.05) is 42.0 Å². The number of benzene rings is 2. The highest BCUT2D eigenvalue weighted by molar-refractivity contribution is 6.36. The molecule has 6 heteroatoms. The quantitative estimate of drug-likeness (QED) is 0.694. The van der Waals surface area contributed by atoms with Crippen LogP contribution in [0.5, 0.6) is 5.75 Å². The van der Waals surface area contributed by atoms with Gasteiger partial charge in [-0.25, -0.2) is 0 Å². The van der Waals surface area contributed by atoms with Gasteiger partial charge in [-0.1, -0.05) is 23.2 Å². The molecule has 1 heterocycles. The Hall–Kier alpha value is -2.17. The number of nitrogens with one attached hydrogen (secondary N) is 1. The monoisotopic (exact) mass is 362 g/mol. The van der Waals surface area contributed by atoms with Crippen molar-refractivity contribution in [2.45, 2.75) is 13.5 Å². The second-order valence-corrected chi connectivity index (χ2v) is 6.11. The average Bonchev–Trinajstić information content (AvgIpc) is 2.93. The Morgan fingerprint density at radius 1 is 1.17 bits per heavy atom. The van der Waals surface area contributed by atoms with Crippen molar-refractivity contribution < 1.29 is 9.53 Å². The zero-order valence-corrected chi connectivity index (χ0v) is 14.6. The number of hydrogen-bond donors (Lipinski definition) is 1. The molecule has 0 aliphatic rings. The molecule has 0 saturated heterocycles. The van der Waals surface area contributed by atoms with Crippen molar-refractivity contribution in [2.75, 3.05) is 11.9 Å². The first-order valence-corrected chi connectivity index (χ1v) is 8.29. The van der Waals surface area contributed by atoms with Crippen LogP contribution in [0.4, 0.5) is 5.69 Å². The second kappa shape index (κ2) is 7.16. The van der Waals surface area contributed by atoms with E-state index in [-0.39, 0.29) is 12.5 Å². The summed E-state index contributed by atoms with van der Waals surface area (Å²) in [5.41, 5.74) is 1.51. The lowest BCUT2D eigenvalue weighted by atomic mass is 10.2. The summed E-state index contributed by atoms with van der Waals surface area (Å²) >= 11 is 11.9. The largest absolute Gasteiger partial charge is 0.494 e. The lowest BCUT2D eigenvalue weighted by molar-refractivity contribution is -0.116. The summed E-state index contributed by atoms with van der Waals surface area (Å²) in [6, 6.07) is 12.7. The number of aromatic nitrogens is 1. The van der Waals surface area contributed by atoms with Gasteiger partial charge in [0.25, 0.3) is 0 Å². The fourth-order valence-electron chi connectivity index (χ4n) is 2.51. The molecule has 0 radical (unpaired) electrons. The lowest BCUT2D eigenvalue weighted by Crippen LogP contribution is -2.18. The maximum Gasteiger partial charge on any atom is 0.244 e. The third-order valence-electron chi connectivity index (χ3n) is 3.57. The van der Waals surface area contributed by atoms with E-state index in [2.05, 4.69) is 5.32 Å². The van der Waals surface area contributed by atoms with E-state index in [9.17, 15) is 4.79 Å². The summed E-state index contributed by atoms with van der Waals surface area (Å²) < 4.78 is 7.37. The van der Waals surface area contributed by atoms with Crippen molar-refractivity contribution in [3.8, 4) is 5.75 Å². The number of halogens is 2. The fraction of sp³-hybridized carbons (Fsp3) is 0.167. The molecule has 0 bridgehead atoms. The third-order valence-corrected chi connectivity index (χ3v) is 4.12. The normalized spacial score (nSPS) is 10.8. The number of nitrogens with zero attached hydrogens (tertiary/aromatic N) is 1. The van der Waals surface area contributed by atoms with Gasteiger partial charge in [0.2, 0.25) is 5.91 Å². The van der Waals surface area contributed by atoms with E-state index < -0.39 is 0 Å². The molecule has 0 spiro atoms. The Morgan fingerprint density at radius 3 is 2.75 bits per heavy atom. The molecule has 3 rings (SSSR count). The van der Waals surface area contributed by atoms with Gasteiger partial charge in [0.1, 0.15) is 12.3 Å². The molecule has 0 aliphatic heterocycles. The van der Waals surface area contributed by atoms with E-state index in [1.165, 1.54) is 0 Å². The van der Waals surface area contributed by atoms with Crippen LogP contribution in [0.25, 0.3) is 10.9 Å². The standard InChI is InChI=1S/C18H16Cl2N2O2/c1-2-24-14-4-6-17-12(9-14)7-8-22(17)11-18(23)21-16-5-3-13(19)10-15(16)20/h3-10H,2,11H2,1H3,(H,21,23). The maximum absolute atomic E-state index is 12.3. The molecule has 0 atom stereocenters. The predicted molar refractivity (Wildman–Crippen MR) is 98.2 cm³/mol. The SMILES string of the molecule is CCOc1ccc2c(ccn2CC(=O)Nc2ccc(Cl)cc2Cl)c1. The smallest absolute Gasteiger partial charge is 0.244 e. The molecule has 0 saturated carbocycles. The predicted octanol–water partition coefficient (Wildman–Crippen LogP) is 4.99. The van der Waals surface area contributed by atoms with Crippen molar-refractivity contribution in [2.24, 2.45) is 0 Å². The van der Waals surface area contributed by atoms with Crippen LogP contribution in [0.1, 0.15) is 6.92 Å². The molecule has 0 unspecified atom stereocenters. The van der Waals surface area contributed by atoms with Gasteiger partial charge < -0.3 is 14.6 Å². The minimum atomic E-state index is -0.161. The van der Waals surface area contributed by atoms with Crippen LogP contribution in [-0.4, -0.2) is 17.1 Å². The second-order valence-electron chi connectivity index (χ2n) is 5.27. The van der Waals surface area contributed by atoms with Crippen LogP contribution in [0.15, 0.2) is 48.7 Å². The summed E-state index contributed by atoms with van der Waals surface area (Å²) in [6.45, 7) is 2.76. The molecule has 24 heavy (non-hydrogen) atoms. The topological polar surface area (TPSA) is 43.3 Å². The van der Waals surface area contributed by atoms with Gasteiger partial charge >= 0.3 is 0 Å². The Kier molecular flexibility index (Phi) is 4.97. The Bertz CT molecular complexity index is 890. The Morgan fingerprint density at radius 2 is 2.00 bits per heavy atom. The van der Waals surface area contributed by atoms with Crippen LogP contribution in [0.2, 0.25) is 10.0 Å². The summed E-state index contributed by atoms with van der Waals surface area (Å²) in [5, 5.41) is 4.76. The van der Waals surface area contributed by atoms with Crippen LogP contribution in [0.3, 0.4) is 0 Å². The number of anilines is 1. The van der Waals surface area contributed by atoms with Crippen LogP contribution >= 0.6 is 23.2 Å². The van der Waals surface area contributed by atoms with Crippen LogP contribution in [0, 0.1) is 0 Å². The number of carbonyl (C=O) groups excluding carboxylic acids is 1. The highest BCUT2D eigenvalue weighted by Gasteiger charge is 2.09. The molecule has 3 aromatic rings. The zero-order valence-electron chi connectivity index (χ0n) is 13.1. The molecular weight excluding hydrogens is 347 g/mol. The maximum atomic E-state index is 12.3. The van der Waals surface area contributed by atoms with Crippen molar-refractivity contribution in [1.82, 2.24) is 4.57 Å². The van der Waals surface area contributed by atoms with Gasteiger partial charge in [-0.05, 0) is 49.4 Å². The van der Waals surface area contributed by atoms with E-state index >= 15 is 0 Å². The first-order valence-electron chi connectivity index (χ1n) is 7.53. The number of carbonyl (C=O) groups is 1. The van der Waals surface area contributed by atoms with E-state index in [0.29, 0.717) is 22.3 Å². The van der Waals surface area contributed by atoms with E-state index in [4.69, 9.17) is 27.9 Å². The van der Waals surface area contributed by atoms with Gasteiger partial charge in [-0.15, -0.1) is 0 Å². The number of rotatable bonds is 5. The van der Waals surface area contributed by atoms with E-state index in [1.54, 1.807) is 18.2 Å².